The Labute approximate surface area is 200 Å². The first-order chi connectivity index (χ1) is 15.2. The Morgan fingerprint density at radius 2 is 1.06 bits per heavy atom. The lowest BCUT2D eigenvalue weighted by Crippen LogP contribution is -2.52. The lowest BCUT2D eigenvalue weighted by Gasteiger charge is -2.38. The maximum absolute atomic E-state index is 11.2. The standard InChI is InChI=1S/C28H57NO3/c1-5-7-8-9-10-11-12-13-14-15-16-17-18-19-20-21-24-28(32,23-6-2)26-29(3,4)25-22-27(30)31/h32H,5-26H2,1-4H3/p+1. The number of unbranched alkanes of at least 4 members (excludes halogenated alkanes) is 15. The third-order valence-electron chi connectivity index (χ3n) is 6.86. The van der Waals surface area contributed by atoms with Gasteiger partial charge in [-0.1, -0.05) is 123 Å². The number of carbonyl (C=O) groups is 1. The van der Waals surface area contributed by atoms with Crippen LogP contribution in [-0.2, 0) is 4.79 Å². The molecule has 0 spiro atoms. The van der Waals surface area contributed by atoms with Gasteiger partial charge in [-0.05, 0) is 12.8 Å². The first-order valence-corrected chi connectivity index (χ1v) is 14.0. The van der Waals surface area contributed by atoms with Crippen molar-refractivity contribution in [1.29, 1.82) is 0 Å². The van der Waals surface area contributed by atoms with Gasteiger partial charge in [-0.25, -0.2) is 0 Å². The Balaban J connectivity index is 3.73. The second-order valence-corrected chi connectivity index (χ2v) is 11.0. The zero-order chi connectivity index (χ0) is 24.1. The van der Waals surface area contributed by atoms with Crippen molar-refractivity contribution in [3.63, 3.8) is 0 Å². The van der Waals surface area contributed by atoms with E-state index < -0.39 is 11.6 Å². The van der Waals surface area contributed by atoms with Gasteiger partial charge in [0.15, 0.2) is 0 Å². The minimum atomic E-state index is -0.756. The van der Waals surface area contributed by atoms with E-state index in [0.717, 1.165) is 25.7 Å². The lowest BCUT2D eigenvalue weighted by atomic mass is 9.89. The topological polar surface area (TPSA) is 57.5 Å². The van der Waals surface area contributed by atoms with Crippen LogP contribution < -0.4 is 0 Å². The third kappa shape index (κ3) is 20.0. The molecule has 32 heavy (non-hydrogen) atoms. The van der Waals surface area contributed by atoms with Crippen LogP contribution in [0.25, 0.3) is 0 Å². The maximum Gasteiger partial charge on any atom is 0.309 e. The summed E-state index contributed by atoms with van der Waals surface area (Å²) in [7, 11) is 4.08. The largest absolute Gasteiger partial charge is 0.481 e. The van der Waals surface area contributed by atoms with Gasteiger partial charge >= 0.3 is 5.97 Å². The highest BCUT2D eigenvalue weighted by molar-refractivity contribution is 5.66. The highest BCUT2D eigenvalue weighted by atomic mass is 16.4. The minimum Gasteiger partial charge on any atom is -0.481 e. The molecule has 192 valence electrons. The first-order valence-electron chi connectivity index (χ1n) is 14.0. The minimum absolute atomic E-state index is 0.161. The van der Waals surface area contributed by atoms with Gasteiger partial charge < -0.3 is 14.7 Å². The molecule has 4 heteroatoms. The normalized spacial score (nSPS) is 13.9. The second kappa shape index (κ2) is 19.8. The van der Waals surface area contributed by atoms with Gasteiger partial charge in [0.05, 0.1) is 27.1 Å². The summed E-state index contributed by atoms with van der Waals surface area (Å²) in [6, 6.07) is 0. The van der Waals surface area contributed by atoms with E-state index in [0.29, 0.717) is 17.6 Å². The van der Waals surface area contributed by atoms with Crippen LogP contribution in [0.5, 0.6) is 0 Å². The summed E-state index contributed by atoms with van der Waals surface area (Å²) in [4.78, 5) is 10.9. The van der Waals surface area contributed by atoms with Gasteiger partial charge in [0.25, 0.3) is 0 Å². The highest BCUT2D eigenvalue weighted by Gasteiger charge is 2.34. The van der Waals surface area contributed by atoms with Gasteiger partial charge in [-0.2, -0.15) is 0 Å². The molecule has 0 heterocycles. The molecule has 0 bridgehead atoms. The highest BCUT2D eigenvalue weighted by Crippen LogP contribution is 2.25. The fourth-order valence-corrected chi connectivity index (χ4v) is 5.02. The molecule has 0 aromatic carbocycles. The summed E-state index contributed by atoms with van der Waals surface area (Å²) < 4.78 is 0.571. The quantitative estimate of drug-likeness (QED) is 0.115. The van der Waals surface area contributed by atoms with E-state index in [1.807, 2.05) is 14.1 Å². The van der Waals surface area contributed by atoms with Gasteiger partial charge in [0, 0.05) is 0 Å². The SMILES string of the molecule is CCCCCCCCCCCCCCCCCCC(O)(CCC)C[N+](C)(C)CCC(=O)O. The Morgan fingerprint density at radius 1 is 0.656 bits per heavy atom. The molecule has 4 nitrogen and oxygen atoms in total. The summed E-state index contributed by atoms with van der Waals surface area (Å²) in [6.07, 6.45) is 24.5. The van der Waals surface area contributed by atoms with Crippen molar-refractivity contribution >= 4 is 5.97 Å². The van der Waals surface area contributed by atoms with Gasteiger partial charge in [-0.3, -0.25) is 4.79 Å². The van der Waals surface area contributed by atoms with E-state index >= 15 is 0 Å². The summed E-state index contributed by atoms with van der Waals surface area (Å²) in [5, 5.41) is 20.1. The predicted octanol–water partition coefficient (Wildman–Crippen LogP) is 7.72. The summed E-state index contributed by atoms with van der Waals surface area (Å²) >= 11 is 0. The van der Waals surface area contributed by atoms with Gasteiger partial charge in [-0.15, -0.1) is 0 Å². The molecule has 1 atom stereocenters. The first kappa shape index (κ1) is 31.4. The number of aliphatic carboxylic acids is 1. The van der Waals surface area contributed by atoms with Crippen LogP contribution in [0, 0.1) is 0 Å². The molecule has 0 aromatic heterocycles. The van der Waals surface area contributed by atoms with Crippen molar-refractivity contribution in [2.45, 2.75) is 148 Å². The Hall–Kier alpha value is -0.610. The number of nitrogens with zero attached hydrogens (tertiary/aromatic N) is 1. The predicted molar refractivity (Wildman–Crippen MR) is 138 cm³/mol. The van der Waals surface area contributed by atoms with Gasteiger partial charge in [0.1, 0.15) is 12.1 Å². The van der Waals surface area contributed by atoms with E-state index in [1.54, 1.807) is 0 Å². The van der Waals surface area contributed by atoms with E-state index in [2.05, 4.69) is 13.8 Å². The fraction of sp³-hybridized carbons (Fsp3) is 0.964. The molecule has 0 amide bonds. The molecule has 0 aliphatic rings. The van der Waals surface area contributed by atoms with Crippen molar-refractivity contribution in [3.05, 3.63) is 0 Å². The lowest BCUT2D eigenvalue weighted by molar-refractivity contribution is -0.896. The number of hydrogen-bond acceptors (Lipinski definition) is 2. The van der Waals surface area contributed by atoms with Crippen molar-refractivity contribution in [1.82, 2.24) is 0 Å². The number of rotatable bonds is 24. The average molecular weight is 457 g/mol. The van der Waals surface area contributed by atoms with Crippen LogP contribution in [0.4, 0.5) is 0 Å². The number of likely N-dealkylation sites (N-methyl/N-ethyl adjacent to an activating group) is 1. The molecule has 0 aliphatic heterocycles. The monoisotopic (exact) mass is 456 g/mol. The zero-order valence-corrected chi connectivity index (χ0v) is 22.3. The van der Waals surface area contributed by atoms with Crippen molar-refractivity contribution in [3.8, 4) is 0 Å². The number of carboxylic acids is 1. The fourth-order valence-electron chi connectivity index (χ4n) is 5.02. The number of quaternary nitrogens is 1. The average Bonchev–Trinajstić information content (AvgIpc) is 2.72. The Bertz CT molecular complexity index is 438. The van der Waals surface area contributed by atoms with Crippen LogP contribution in [0.15, 0.2) is 0 Å². The molecule has 0 fully saturated rings. The second-order valence-electron chi connectivity index (χ2n) is 11.0. The molecular formula is C28H58NO3+. The summed E-state index contributed by atoms with van der Waals surface area (Å²) in [6.45, 7) is 5.62. The van der Waals surface area contributed by atoms with Crippen LogP contribution in [0.1, 0.15) is 142 Å². The molecule has 0 aliphatic carbocycles. The van der Waals surface area contributed by atoms with Crippen molar-refractivity contribution in [2.75, 3.05) is 27.2 Å². The molecule has 2 N–H and O–H groups in total. The summed E-state index contributed by atoms with van der Waals surface area (Å²) in [5.41, 5.74) is -0.660. The van der Waals surface area contributed by atoms with Crippen LogP contribution in [0.3, 0.4) is 0 Å². The zero-order valence-electron chi connectivity index (χ0n) is 22.3. The van der Waals surface area contributed by atoms with Crippen molar-refractivity contribution < 1.29 is 19.5 Å². The number of hydrogen-bond donors (Lipinski definition) is 2. The number of carboxylic acid groups (broad SMARTS) is 1. The molecule has 0 rings (SSSR count). The number of aliphatic hydroxyl groups is 1. The third-order valence-corrected chi connectivity index (χ3v) is 6.86. The maximum atomic E-state index is 11.2. The van der Waals surface area contributed by atoms with E-state index in [1.165, 1.54) is 96.3 Å². The Kier molecular flexibility index (Phi) is 19.4. The van der Waals surface area contributed by atoms with Crippen LogP contribution in [-0.4, -0.2) is 53.5 Å². The molecule has 0 radical (unpaired) electrons. The smallest absolute Gasteiger partial charge is 0.309 e. The van der Waals surface area contributed by atoms with Gasteiger partial charge in [0.2, 0.25) is 0 Å². The molecule has 1 unspecified atom stereocenters. The van der Waals surface area contributed by atoms with E-state index in [4.69, 9.17) is 5.11 Å². The molecule has 0 saturated heterocycles. The molecule has 0 aromatic rings. The summed E-state index contributed by atoms with van der Waals surface area (Å²) in [5.74, 6) is -0.756. The van der Waals surface area contributed by atoms with Crippen LogP contribution in [0.2, 0.25) is 0 Å². The molecular weight excluding hydrogens is 398 g/mol. The van der Waals surface area contributed by atoms with E-state index in [9.17, 15) is 9.90 Å². The Morgan fingerprint density at radius 3 is 1.44 bits per heavy atom. The van der Waals surface area contributed by atoms with Crippen LogP contribution >= 0.6 is 0 Å². The molecule has 0 saturated carbocycles. The van der Waals surface area contributed by atoms with E-state index in [-0.39, 0.29) is 6.42 Å². The van der Waals surface area contributed by atoms with Crippen molar-refractivity contribution in [2.24, 2.45) is 0 Å².